The third-order valence-corrected chi connectivity index (χ3v) is 3.82. The van der Waals surface area contributed by atoms with Gasteiger partial charge in [0.15, 0.2) is 0 Å². The Morgan fingerprint density at radius 2 is 2.00 bits per heavy atom. The summed E-state index contributed by atoms with van der Waals surface area (Å²) < 4.78 is 22.8. The number of primary sulfonamides is 1. The third kappa shape index (κ3) is 4.65. The maximum atomic E-state index is 11.9. The lowest BCUT2D eigenvalue weighted by molar-refractivity contribution is 0.0952. The Kier molecular flexibility index (Phi) is 5.08. The first-order valence-electron chi connectivity index (χ1n) is 6.13. The van der Waals surface area contributed by atoms with Crippen molar-refractivity contribution < 1.29 is 13.2 Å². The van der Waals surface area contributed by atoms with Crippen LogP contribution in [0.3, 0.4) is 0 Å². The SMILES string of the molecule is Cc1ccc(C(=O)NCCC(C)C)cc1S(N)(=O)=O. The van der Waals surface area contributed by atoms with Crippen LogP contribution in [0, 0.1) is 12.8 Å². The average Bonchev–Trinajstić information content (AvgIpc) is 2.27. The quantitative estimate of drug-likeness (QED) is 0.857. The van der Waals surface area contributed by atoms with Gasteiger partial charge in [0.25, 0.3) is 5.91 Å². The number of sulfonamides is 1. The zero-order valence-electron chi connectivity index (χ0n) is 11.4. The van der Waals surface area contributed by atoms with Crippen LogP contribution in [0.1, 0.15) is 36.2 Å². The Bertz CT molecular complexity index is 565. The van der Waals surface area contributed by atoms with E-state index < -0.39 is 10.0 Å². The summed E-state index contributed by atoms with van der Waals surface area (Å²) >= 11 is 0. The van der Waals surface area contributed by atoms with E-state index in [9.17, 15) is 13.2 Å². The summed E-state index contributed by atoms with van der Waals surface area (Å²) in [5.74, 6) is 0.212. The first-order chi connectivity index (χ1) is 8.71. The standard InChI is InChI=1S/C13H20N2O3S/c1-9(2)6-7-15-13(16)11-5-4-10(3)12(8-11)19(14,17)18/h4-5,8-9H,6-7H2,1-3H3,(H,15,16)(H2,14,17,18). The van der Waals surface area contributed by atoms with Gasteiger partial charge in [0.05, 0.1) is 4.90 Å². The molecule has 0 aromatic heterocycles. The summed E-state index contributed by atoms with van der Waals surface area (Å²) in [6, 6.07) is 4.49. The summed E-state index contributed by atoms with van der Waals surface area (Å²) in [5, 5.41) is 7.86. The molecular weight excluding hydrogens is 264 g/mol. The average molecular weight is 284 g/mol. The molecule has 1 aromatic rings. The lowest BCUT2D eigenvalue weighted by atomic mass is 10.1. The molecule has 0 heterocycles. The van der Waals surface area contributed by atoms with Crippen molar-refractivity contribution in [2.75, 3.05) is 6.54 Å². The Hall–Kier alpha value is -1.40. The van der Waals surface area contributed by atoms with E-state index in [1.54, 1.807) is 19.1 Å². The molecule has 0 aliphatic carbocycles. The molecule has 0 unspecified atom stereocenters. The highest BCUT2D eigenvalue weighted by Gasteiger charge is 2.14. The van der Waals surface area contributed by atoms with E-state index in [-0.39, 0.29) is 10.8 Å². The molecule has 0 saturated heterocycles. The van der Waals surface area contributed by atoms with Gasteiger partial charge >= 0.3 is 0 Å². The van der Waals surface area contributed by atoms with E-state index in [4.69, 9.17) is 5.14 Å². The van der Waals surface area contributed by atoms with Gasteiger partial charge in [0, 0.05) is 12.1 Å². The Morgan fingerprint density at radius 1 is 1.37 bits per heavy atom. The number of hydrogen-bond acceptors (Lipinski definition) is 3. The van der Waals surface area contributed by atoms with Crippen LogP contribution in [-0.2, 0) is 10.0 Å². The van der Waals surface area contributed by atoms with Crippen LogP contribution in [0.2, 0.25) is 0 Å². The first-order valence-corrected chi connectivity index (χ1v) is 7.68. The molecule has 5 nitrogen and oxygen atoms in total. The number of nitrogens with two attached hydrogens (primary N) is 1. The van der Waals surface area contributed by atoms with Gasteiger partial charge in [-0.25, -0.2) is 13.6 Å². The molecule has 0 atom stereocenters. The molecule has 0 saturated carbocycles. The highest BCUT2D eigenvalue weighted by molar-refractivity contribution is 7.89. The predicted molar refractivity (Wildman–Crippen MR) is 74.3 cm³/mol. The number of carbonyl (C=O) groups excluding carboxylic acids is 1. The molecule has 1 rings (SSSR count). The molecule has 0 spiro atoms. The number of hydrogen-bond donors (Lipinski definition) is 2. The van der Waals surface area contributed by atoms with Gasteiger partial charge in [-0.15, -0.1) is 0 Å². The molecule has 6 heteroatoms. The molecule has 0 aliphatic rings. The van der Waals surface area contributed by atoms with Crippen molar-refractivity contribution in [3.63, 3.8) is 0 Å². The van der Waals surface area contributed by atoms with E-state index in [1.807, 2.05) is 0 Å². The second-order valence-electron chi connectivity index (χ2n) is 4.96. The first kappa shape index (κ1) is 15.7. The second-order valence-corrected chi connectivity index (χ2v) is 6.49. The van der Waals surface area contributed by atoms with Crippen LogP contribution in [-0.4, -0.2) is 20.9 Å². The van der Waals surface area contributed by atoms with Crippen molar-refractivity contribution >= 4 is 15.9 Å². The fourth-order valence-electron chi connectivity index (χ4n) is 1.62. The highest BCUT2D eigenvalue weighted by Crippen LogP contribution is 2.15. The molecular formula is C13H20N2O3S. The number of aryl methyl sites for hydroxylation is 1. The highest BCUT2D eigenvalue weighted by atomic mass is 32.2. The molecule has 1 aromatic carbocycles. The minimum atomic E-state index is -3.80. The van der Waals surface area contributed by atoms with Gasteiger partial charge in [0.1, 0.15) is 0 Å². The van der Waals surface area contributed by atoms with Gasteiger partial charge < -0.3 is 5.32 Å². The van der Waals surface area contributed by atoms with Gasteiger partial charge in [-0.2, -0.15) is 0 Å². The maximum absolute atomic E-state index is 11.9. The molecule has 1 amide bonds. The molecule has 0 bridgehead atoms. The van der Waals surface area contributed by atoms with Crippen LogP contribution in [0.15, 0.2) is 23.1 Å². The largest absolute Gasteiger partial charge is 0.352 e. The van der Waals surface area contributed by atoms with E-state index in [1.165, 1.54) is 6.07 Å². The van der Waals surface area contributed by atoms with E-state index in [2.05, 4.69) is 19.2 Å². The zero-order chi connectivity index (χ0) is 14.6. The van der Waals surface area contributed by atoms with Crippen molar-refractivity contribution in [2.45, 2.75) is 32.1 Å². The van der Waals surface area contributed by atoms with Gasteiger partial charge in [-0.3, -0.25) is 4.79 Å². The minimum absolute atomic E-state index is 0.0102. The smallest absolute Gasteiger partial charge is 0.251 e. The summed E-state index contributed by atoms with van der Waals surface area (Å²) in [4.78, 5) is 11.9. The number of carbonyl (C=O) groups is 1. The zero-order valence-corrected chi connectivity index (χ0v) is 12.3. The van der Waals surface area contributed by atoms with Gasteiger partial charge in [-0.1, -0.05) is 19.9 Å². The Labute approximate surface area is 114 Å². The van der Waals surface area contributed by atoms with Crippen molar-refractivity contribution in [1.29, 1.82) is 0 Å². The molecule has 3 N–H and O–H groups in total. The molecule has 19 heavy (non-hydrogen) atoms. The molecule has 106 valence electrons. The molecule has 0 aliphatic heterocycles. The minimum Gasteiger partial charge on any atom is -0.352 e. The van der Waals surface area contributed by atoms with Gasteiger partial charge in [0.2, 0.25) is 10.0 Å². The predicted octanol–water partition coefficient (Wildman–Crippen LogP) is 1.42. The van der Waals surface area contributed by atoms with Crippen molar-refractivity contribution in [2.24, 2.45) is 11.1 Å². The summed E-state index contributed by atoms with van der Waals surface area (Å²) in [7, 11) is -3.80. The lowest BCUT2D eigenvalue weighted by Crippen LogP contribution is -2.26. The van der Waals surface area contributed by atoms with E-state index in [0.717, 1.165) is 6.42 Å². The number of amides is 1. The summed E-state index contributed by atoms with van der Waals surface area (Å²) in [5.41, 5.74) is 0.833. The van der Waals surface area contributed by atoms with Crippen molar-refractivity contribution in [3.8, 4) is 0 Å². The third-order valence-electron chi connectivity index (χ3n) is 2.76. The summed E-state index contributed by atoms with van der Waals surface area (Å²) in [6.45, 7) is 6.34. The van der Waals surface area contributed by atoms with E-state index >= 15 is 0 Å². The lowest BCUT2D eigenvalue weighted by Gasteiger charge is -2.09. The molecule has 0 radical (unpaired) electrons. The van der Waals surface area contributed by atoms with Crippen molar-refractivity contribution in [1.82, 2.24) is 5.32 Å². The van der Waals surface area contributed by atoms with E-state index in [0.29, 0.717) is 23.6 Å². The Morgan fingerprint density at radius 3 is 2.53 bits per heavy atom. The Balaban J connectivity index is 2.88. The van der Waals surface area contributed by atoms with Crippen LogP contribution in [0.4, 0.5) is 0 Å². The molecule has 0 fully saturated rings. The fourth-order valence-corrected chi connectivity index (χ4v) is 2.43. The van der Waals surface area contributed by atoms with Crippen molar-refractivity contribution in [3.05, 3.63) is 29.3 Å². The number of rotatable bonds is 5. The fraction of sp³-hybridized carbons (Fsp3) is 0.462. The van der Waals surface area contributed by atoms with Crippen LogP contribution in [0.25, 0.3) is 0 Å². The van der Waals surface area contributed by atoms with Crippen LogP contribution >= 0.6 is 0 Å². The van der Waals surface area contributed by atoms with Crippen LogP contribution in [0.5, 0.6) is 0 Å². The van der Waals surface area contributed by atoms with Crippen LogP contribution < -0.4 is 10.5 Å². The topological polar surface area (TPSA) is 89.3 Å². The second kappa shape index (κ2) is 6.16. The normalized spacial score (nSPS) is 11.6. The van der Waals surface area contributed by atoms with Gasteiger partial charge in [-0.05, 0) is 37.0 Å². The number of benzene rings is 1. The summed E-state index contributed by atoms with van der Waals surface area (Å²) in [6.07, 6.45) is 0.875. The maximum Gasteiger partial charge on any atom is 0.251 e. The monoisotopic (exact) mass is 284 g/mol. The number of nitrogens with one attached hydrogen (secondary N) is 1.